The highest BCUT2D eigenvalue weighted by Gasteiger charge is 2.23. The largest absolute Gasteiger partial charge is 0.485 e. The standard InChI is InChI=1S/C26H25FO3/c1-16-3-11-23(27)22(13-16)18-4-6-19(7-5-18)24-12-10-20-8-9-21(15-25(20)30-24)17(2)14-26(28)29/h3-9,11,13,15,17,24H,10,12,14H2,1-2H3,(H,28,29). The van der Waals surface area contributed by atoms with Gasteiger partial charge in [0.2, 0.25) is 0 Å². The lowest BCUT2D eigenvalue weighted by Crippen LogP contribution is -2.15. The first kappa shape index (κ1) is 20.1. The number of aliphatic carboxylic acids is 1. The Morgan fingerprint density at radius 1 is 1.13 bits per heavy atom. The van der Waals surface area contributed by atoms with Crippen molar-refractivity contribution < 1.29 is 19.0 Å². The van der Waals surface area contributed by atoms with Crippen molar-refractivity contribution in [1.82, 2.24) is 0 Å². The monoisotopic (exact) mass is 404 g/mol. The molecule has 1 aliphatic rings. The molecule has 0 saturated heterocycles. The Labute approximate surface area is 176 Å². The Morgan fingerprint density at radius 2 is 1.90 bits per heavy atom. The predicted molar refractivity (Wildman–Crippen MR) is 115 cm³/mol. The molecule has 0 spiro atoms. The number of carboxylic acids is 1. The summed E-state index contributed by atoms with van der Waals surface area (Å²) in [4.78, 5) is 11.0. The number of hydrogen-bond acceptors (Lipinski definition) is 2. The fourth-order valence-electron chi connectivity index (χ4n) is 4.04. The van der Waals surface area contributed by atoms with Crippen molar-refractivity contribution in [2.45, 2.75) is 45.1 Å². The lowest BCUT2D eigenvalue weighted by atomic mass is 9.92. The lowest BCUT2D eigenvalue weighted by Gasteiger charge is -2.27. The van der Waals surface area contributed by atoms with Crippen LogP contribution in [0.15, 0.2) is 60.7 Å². The van der Waals surface area contributed by atoms with E-state index in [4.69, 9.17) is 9.84 Å². The average molecular weight is 404 g/mol. The van der Waals surface area contributed by atoms with Crippen LogP contribution in [-0.4, -0.2) is 11.1 Å². The number of halogens is 1. The maximum Gasteiger partial charge on any atom is 0.303 e. The van der Waals surface area contributed by atoms with Gasteiger partial charge in [-0.05, 0) is 66.1 Å². The molecule has 0 aliphatic carbocycles. The minimum absolute atomic E-state index is 0.0692. The van der Waals surface area contributed by atoms with Gasteiger partial charge in [-0.15, -0.1) is 0 Å². The van der Waals surface area contributed by atoms with Crippen molar-refractivity contribution in [2.24, 2.45) is 0 Å². The second-order valence-corrected chi connectivity index (χ2v) is 8.12. The molecule has 2 unspecified atom stereocenters. The second-order valence-electron chi connectivity index (χ2n) is 8.12. The van der Waals surface area contributed by atoms with Gasteiger partial charge in [-0.25, -0.2) is 4.39 Å². The minimum Gasteiger partial charge on any atom is -0.485 e. The van der Waals surface area contributed by atoms with Crippen LogP contribution in [0.25, 0.3) is 11.1 Å². The molecule has 0 aromatic heterocycles. The number of aryl methyl sites for hydroxylation is 2. The van der Waals surface area contributed by atoms with Gasteiger partial charge >= 0.3 is 5.97 Å². The molecule has 0 radical (unpaired) electrons. The summed E-state index contributed by atoms with van der Waals surface area (Å²) in [5, 5.41) is 9.06. The summed E-state index contributed by atoms with van der Waals surface area (Å²) in [5.41, 5.74) is 5.66. The van der Waals surface area contributed by atoms with Gasteiger partial charge in [-0.2, -0.15) is 0 Å². The molecule has 0 amide bonds. The van der Waals surface area contributed by atoms with Gasteiger partial charge in [0, 0.05) is 5.56 Å². The van der Waals surface area contributed by atoms with Crippen LogP contribution in [-0.2, 0) is 11.2 Å². The Kier molecular flexibility index (Phi) is 5.58. The normalized spacial score (nSPS) is 16.4. The second kappa shape index (κ2) is 8.31. The first-order valence-electron chi connectivity index (χ1n) is 10.3. The van der Waals surface area contributed by atoms with E-state index in [2.05, 4.69) is 0 Å². The average Bonchev–Trinajstić information content (AvgIpc) is 2.74. The van der Waals surface area contributed by atoms with Gasteiger partial charge < -0.3 is 9.84 Å². The first-order valence-corrected chi connectivity index (χ1v) is 10.3. The molecular weight excluding hydrogens is 379 g/mol. The van der Waals surface area contributed by atoms with E-state index in [1.165, 1.54) is 6.07 Å². The summed E-state index contributed by atoms with van der Waals surface area (Å²) in [5.74, 6) is -0.265. The molecule has 3 nitrogen and oxygen atoms in total. The van der Waals surface area contributed by atoms with Crippen molar-refractivity contribution in [3.63, 3.8) is 0 Å². The zero-order valence-corrected chi connectivity index (χ0v) is 17.2. The van der Waals surface area contributed by atoms with E-state index in [9.17, 15) is 9.18 Å². The molecule has 0 bridgehead atoms. The maximum absolute atomic E-state index is 14.2. The molecule has 1 aliphatic heterocycles. The minimum atomic E-state index is -0.802. The highest BCUT2D eigenvalue weighted by molar-refractivity contribution is 5.68. The van der Waals surface area contributed by atoms with Crippen molar-refractivity contribution in [2.75, 3.05) is 0 Å². The van der Waals surface area contributed by atoms with Crippen molar-refractivity contribution in [3.05, 3.63) is 88.7 Å². The topological polar surface area (TPSA) is 46.5 Å². The maximum atomic E-state index is 14.2. The number of benzene rings is 3. The Bertz CT molecular complexity index is 1070. The summed E-state index contributed by atoms with van der Waals surface area (Å²) in [6.45, 7) is 3.87. The zero-order valence-electron chi connectivity index (χ0n) is 17.2. The third-order valence-electron chi connectivity index (χ3n) is 5.80. The third-order valence-corrected chi connectivity index (χ3v) is 5.80. The summed E-state index contributed by atoms with van der Waals surface area (Å²) < 4.78 is 20.5. The van der Waals surface area contributed by atoms with Crippen LogP contribution in [0.5, 0.6) is 5.75 Å². The van der Waals surface area contributed by atoms with Crippen LogP contribution in [0.1, 0.15) is 54.0 Å². The molecule has 3 aromatic carbocycles. The molecule has 154 valence electrons. The Morgan fingerprint density at radius 3 is 2.63 bits per heavy atom. The van der Waals surface area contributed by atoms with Crippen molar-refractivity contribution >= 4 is 5.97 Å². The summed E-state index contributed by atoms with van der Waals surface area (Å²) >= 11 is 0. The van der Waals surface area contributed by atoms with Crippen molar-refractivity contribution in [1.29, 1.82) is 0 Å². The Hall–Kier alpha value is -3.14. The zero-order chi connectivity index (χ0) is 21.3. The summed E-state index contributed by atoms with van der Waals surface area (Å²) in [7, 11) is 0. The molecule has 2 atom stereocenters. The van der Waals surface area contributed by atoms with E-state index in [0.717, 1.165) is 46.4 Å². The van der Waals surface area contributed by atoms with E-state index in [0.29, 0.717) is 5.56 Å². The fourth-order valence-corrected chi connectivity index (χ4v) is 4.04. The van der Waals surface area contributed by atoms with Gasteiger partial charge in [-0.1, -0.05) is 55.0 Å². The van der Waals surface area contributed by atoms with Crippen molar-refractivity contribution in [3.8, 4) is 16.9 Å². The Balaban J connectivity index is 1.54. The van der Waals surface area contributed by atoms with Crippen LogP contribution in [0, 0.1) is 12.7 Å². The third kappa shape index (κ3) is 4.23. The van der Waals surface area contributed by atoms with E-state index in [1.807, 2.05) is 62.4 Å². The number of ether oxygens (including phenoxy) is 1. The van der Waals surface area contributed by atoms with E-state index in [1.54, 1.807) is 6.07 Å². The molecule has 3 aromatic rings. The fraction of sp³-hybridized carbons (Fsp3) is 0.269. The smallest absolute Gasteiger partial charge is 0.303 e. The van der Waals surface area contributed by atoms with Crippen LogP contribution < -0.4 is 4.74 Å². The number of carbonyl (C=O) groups is 1. The number of hydrogen-bond donors (Lipinski definition) is 1. The molecule has 30 heavy (non-hydrogen) atoms. The molecule has 4 heteroatoms. The highest BCUT2D eigenvalue weighted by atomic mass is 19.1. The van der Waals surface area contributed by atoms with Gasteiger partial charge in [0.25, 0.3) is 0 Å². The quantitative estimate of drug-likeness (QED) is 0.532. The van der Waals surface area contributed by atoms with Crippen LogP contribution >= 0.6 is 0 Å². The SMILES string of the molecule is Cc1ccc(F)c(-c2ccc(C3CCc4ccc(C(C)CC(=O)O)cc4O3)cc2)c1. The van der Waals surface area contributed by atoms with Crippen LogP contribution in [0.2, 0.25) is 0 Å². The molecule has 0 fully saturated rings. The van der Waals surface area contributed by atoms with Gasteiger partial charge in [0.05, 0.1) is 6.42 Å². The predicted octanol–water partition coefficient (Wildman–Crippen LogP) is 6.45. The molecule has 1 heterocycles. The summed E-state index contributed by atoms with van der Waals surface area (Å²) in [6.07, 6.45) is 1.80. The van der Waals surface area contributed by atoms with Gasteiger partial charge in [0.15, 0.2) is 0 Å². The first-order chi connectivity index (χ1) is 14.4. The number of carboxylic acid groups (broad SMARTS) is 1. The molecule has 4 rings (SSSR count). The molecule has 1 N–H and O–H groups in total. The van der Waals surface area contributed by atoms with Gasteiger partial charge in [-0.3, -0.25) is 4.79 Å². The van der Waals surface area contributed by atoms with Crippen LogP contribution in [0.3, 0.4) is 0 Å². The highest BCUT2D eigenvalue weighted by Crippen LogP contribution is 2.37. The number of fused-ring (bicyclic) bond motifs is 1. The lowest BCUT2D eigenvalue weighted by molar-refractivity contribution is -0.137. The van der Waals surface area contributed by atoms with E-state index in [-0.39, 0.29) is 24.3 Å². The van der Waals surface area contributed by atoms with Gasteiger partial charge in [0.1, 0.15) is 17.7 Å². The van der Waals surface area contributed by atoms with E-state index >= 15 is 0 Å². The molecular formula is C26H25FO3. The van der Waals surface area contributed by atoms with E-state index < -0.39 is 5.97 Å². The van der Waals surface area contributed by atoms with Crippen LogP contribution in [0.4, 0.5) is 4.39 Å². The summed E-state index contributed by atoms with van der Waals surface area (Å²) in [6, 6.07) is 19.0. The molecule has 0 saturated carbocycles. The number of rotatable bonds is 5.